The van der Waals surface area contributed by atoms with Gasteiger partial charge >= 0.3 is 0 Å². The molecule has 1 fully saturated rings. The SMILES string of the molecule is O=C([O-])[C@@H]1C[C@@H](c2ccccc2)CC[C@H]1C(=O)c1ccccc1. The van der Waals surface area contributed by atoms with Crippen molar-refractivity contribution in [2.45, 2.75) is 25.2 Å². The summed E-state index contributed by atoms with van der Waals surface area (Å²) in [5.41, 5.74) is 1.73. The third kappa shape index (κ3) is 3.34. The molecule has 0 amide bonds. The normalized spacial score (nSPS) is 24.1. The summed E-state index contributed by atoms with van der Waals surface area (Å²) in [4.78, 5) is 24.3. The predicted molar refractivity (Wildman–Crippen MR) is 85.8 cm³/mol. The minimum Gasteiger partial charge on any atom is -0.550 e. The molecule has 0 aromatic heterocycles. The quantitative estimate of drug-likeness (QED) is 0.816. The van der Waals surface area contributed by atoms with E-state index in [4.69, 9.17) is 0 Å². The van der Waals surface area contributed by atoms with E-state index < -0.39 is 17.8 Å². The largest absolute Gasteiger partial charge is 0.550 e. The van der Waals surface area contributed by atoms with Gasteiger partial charge in [0.1, 0.15) is 0 Å². The molecule has 3 rings (SSSR count). The highest BCUT2D eigenvalue weighted by molar-refractivity contribution is 5.99. The fourth-order valence-corrected chi connectivity index (χ4v) is 3.59. The maximum Gasteiger partial charge on any atom is 0.166 e. The van der Waals surface area contributed by atoms with Crippen LogP contribution in [0.25, 0.3) is 0 Å². The highest BCUT2D eigenvalue weighted by Crippen LogP contribution is 2.40. The molecule has 0 aliphatic heterocycles. The molecule has 0 saturated heterocycles. The number of carbonyl (C=O) groups is 2. The van der Waals surface area contributed by atoms with Crippen molar-refractivity contribution in [3.8, 4) is 0 Å². The molecule has 1 aliphatic rings. The van der Waals surface area contributed by atoms with Crippen molar-refractivity contribution >= 4 is 11.8 Å². The van der Waals surface area contributed by atoms with Crippen LogP contribution in [0.3, 0.4) is 0 Å². The van der Waals surface area contributed by atoms with Crippen LogP contribution in [0.1, 0.15) is 41.1 Å². The first-order valence-corrected chi connectivity index (χ1v) is 8.02. The van der Waals surface area contributed by atoms with Crippen molar-refractivity contribution in [1.82, 2.24) is 0 Å². The van der Waals surface area contributed by atoms with Crippen molar-refractivity contribution in [2.75, 3.05) is 0 Å². The van der Waals surface area contributed by atoms with Crippen LogP contribution in [0.15, 0.2) is 60.7 Å². The summed E-state index contributed by atoms with van der Waals surface area (Å²) in [7, 11) is 0. The van der Waals surface area contributed by atoms with Crippen molar-refractivity contribution in [1.29, 1.82) is 0 Å². The summed E-state index contributed by atoms with van der Waals surface area (Å²) in [5.74, 6) is -2.21. The van der Waals surface area contributed by atoms with Crippen LogP contribution >= 0.6 is 0 Å². The van der Waals surface area contributed by atoms with Gasteiger partial charge in [-0.25, -0.2) is 0 Å². The van der Waals surface area contributed by atoms with E-state index in [9.17, 15) is 14.7 Å². The van der Waals surface area contributed by atoms with Gasteiger partial charge in [0.2, 0.25) is 0 Å². The van der Waals surface area contributed by atoms with E-state index in [0.29, 0.717) is 18.4 Å². The van der Waals surface area contributed by atoms with E-state index in [1.165, 1.54) is 0 Å². The molecule has 0 radical (unpaired) electrons. The Kier molecular flexibility index (Phi) is 4.56. The number of Topliss-reactive ketones (excluding diaryl/α,β-unsaturated/α-hetero) is 1. The fraction of sp³-hybridized carbons (Fsp3) is 0.300. The predicted octanol–water partition coefficient (Wildman–Crippen LogP) is 2.82. The molecular formula is C20H19O3-. The molecule has 3 heteroatoms. The van der Waals surface area contributed by atoms with E-state index in [2.05, 4.69) is 0 Å². The number of hydrogen-bond donors (Lipinski definition) is 0. The fourth-order valence-electron chi connectivity index (χ4n) is 3.59. The van der Waals surface area contributed by atoms with Crippen molar-refractivity contribution in [2.24, 2.45) is 11.8 Å². The molecule has 1 aliphatic carbocycles. The van der Waals surface area contributed by atoms with Gasteiger partial charge < -0.3 is 9.90 Å². The molecule has 2 aromatic rings. The van der Waals surface area contributed by atoms with Gasteiger partial charge in [-0.1, -0.05) is 60.7 Å². The minimum atomic E-state index is -1.11. The van der Waals surface area contributed by atoms with E-state index in [1.807, 2.05) is 36.4 Å². The van der Waals surface area contributed by atoms with Gasteiger partial charge in [-0.15, -0.1) is 0 Å². The third-order valence-corrected chi connectivity index (χ3v) is 4.82. The lowest BCUT2D eigenvalue weighted by molar-refractivity contribution is -0.313. The van der Waals surface area contributed by atoms with Crippen LogP contribution in [-0.4, -0.2) is 11.8 Å². The van der Waals surface area contributed by atoms with Crippen molar-refractivity contribution in [3.63, 3.8) is 0 Å². The third-order valence-electron chi connectivity index (χ3n) is 4.82. The maximum atomic E-state index is 12.7. The average Bonchev–Trinajstić information content (AvgIpc) is 2.62. The van der Waals surface area contributed by atoms with E-state index >= 15 is 0 Å². The number of carboxylic acids is 1. The number of carbonyl (C=O) groups excluding carboxylic acids is 2. The smallest absolute Gasteiger partial charge is 0.166 e. The monoisotopic (exact) mass is 307 g/mol. The Bertz CT molecular complexity index is 679. The zero-order chi connectivity index (χ0) is 16.2. The van der Waals surface area contributed by atoms with Gasteiger partial charge in [-0.2, -0.15) is 0 Å². The van der Waals surface area contributed by atoms with E-state index in [1.54, 1.807) is 24.3 Å². The Hall–Kier alpha value is -2.42. The summed E-state index contributed by atoms with van der Waals surface area (Å²) in [5, 5.41) is 11.6. The molecule has 3 atom stereocenters. The number of ketones is 1. The standard InChI is InChI=1S/C20H20O3/c21-19(15-9-5-2-6-10-15)17-12-11-16(13-18(17)20(22)23)14-7-3-1-4-8-14/h1-10,16-18H,11-13H2,(H,22,23)/p-1/t16-,17+,18+/m0/s1. The van der Waals surface area contributed by atoms with Crippen LogP contribution in [0.2, 0.25) is 0 Å². The molecule has 0 heterocycles. The lowest BCUT2D eigenvalue weighted by Crippen LogP contribution is -2.42. The van der Waals surface area contributed by atoms with Crippen LogP contribution in [0.5, 0.6) is 0 Å². The van der Waals surface area contributed by atoms with Crippen LogP contribution in [0, 0.1) is 11.8 Å². The zero-order valence-electron chi connectivity index (χ0n) is 12.9. The van der Waals surface area contributed by atoms with E-state index in [-0.39, 0.29) is 11.7 Å². The number of carboxylic acid groups (broad SMARTS) is 1. The highest BCUT2D eigenvalue weighted by atomic mass is 16.4. The number of hydrogen-bond acceptors (Lipinski definition) is 3. The first-order chi connectivity index (χ1) is 11.2. The second-order valence-corrected chi connectivity index (χ2v) is 6.18. The molecule has 23 heavy (non-hydrogen) atoms. The second kappa shape index (κ2) is 6.78. The van der Waals surface area contributed by atoms with Gasteiger partial charge in [0.25, 0.3) is 0 Å². The minimum absolute atomic E-state index is 0.0775. The Morgan fingerprint density at radius 2 is 1.43 bits per heavy atom. The molecule has 0 spiro atoms. The first kappa shape index (κ1) is 15.5. The van der Waals surface area contributed by atoms with Gasteiger partial charge in [0, 0.05) is 23.4 Å². The Labute approximate surface area is 136 Å². The Balaban J connectivity index is 1.81. The van der Waals surface area contributed by atoms with E-state index in [0.717, 1.165) is 12.0 Å². The Morgan fingerprint density at radius 1 is 0.826 bits per heavy atom. The Morgan fingerprint density at radius 3 is 2.04 bits per heavy atom. The highest BCUT2D eigenvalue weighted by Gasteiger charge is 2.36. The molecule has 0 unspecified atom stereocenters. The second-order valence-electron chi connectivity index (χ2n) is 6.18. The number of benzene rings is 2. The molecule has 0 bridgehead atoms. The molecule has 118 valence electrons. The maximum absolute atomic E-state index is 12.7. The van der Waals surface area contributed by atoms with Crippen LogP contribution < -0.4 is 5.11 Å². The first-order valence-electron chi connectivity index (χ1n) is 8.02. The van der Waals surface area contributed by atoms with Gasteiger partial charge in [0.15, 0.2) is 5.78 Å². The average molecular weight is 307 g/mol. The van der Waals surface area contributed by atoms with Gasteiger partial charge in [-0.3, -0.25) is 4.79 Å². The number of aliphatic carboxylic acids is 1. The zero-order valence-corrected chi connectivity index (χ0v) is 12.9. The van der Waals surface area contributed by atoms with Crippen LogP contribution in [0.4, 0.5) is 0 Å². The summed E-state index contributed by atoms with van der Waals surface area (Å²) in [6.07, 6.45) is 1.89. The summed E-state index contributed by atoms with van der Waals surface area (Å²) >= 11 is 0. The molecule has 0 N–H and O–H groups in total. The molecule has 1 saturated carbocycles. The number of rotatable bonds is 4. The summed E-state index contributed by atoms with van der Waals surface area (Å²) < 4.78 is 0. The molecular weight excluding hydrogens is 288 g/mol. The molecule has 3 nitrogen and oxygen atoms in total. The lowest BCUT2D eigenvalue weighted by atomic mass is 9.69. The van der Waals surface area contributed by atoms with Crippen molar-refractivity contribution < 1.29 is 14.7 Å². The summed E-state index contributed by atoms with van der Waals surface area (Å²) in [6.45, 7) is 0. The topological polar surface area (TPSA) is 57.2 Å². The molecule has 2 aromatic carbocycles. The lowest BCUT2D eigenvalue weighted by Gasteiger charge is -2.36. The van der Waals surface area contributed by atoms with Gasteiger partial charge in [0.05, 0.1) is 0 Å². The van der Waals surface area contributed by atoms with Crippen LogP contribution in [-0.2, 0) is 4.79 Å². The van der Waals surface area contributed by atoms with Gasteiger partial charge in [-0.05, 0) is 30.7 Å². The summed E-state index contributed by atoms with van der Waals surface area (Å²) in [6, 6.07) is 18.9. The van der Waals surface area contributed by atoms with Crippen molar-refractivity contribution in [3.05, 3.63) is 71.8 Å².